The molecule has 2 rings (SSSR count). The van der Waals surface area contributed by atoms with Crippen LogP contribution >= 0.6 is 0 Å². The van der Waals surface area contributed by atoms with Crippen LogP contribution in [0.1, 0.15) is 11.1 Å². The topological polar surface area (TPSA) is 71.1 Å². The van der Waals surface area contributed by atoms with Crippen molar-refractivity contribution in [1.29, 1.82) is 0 Å². The number of nitrogens with one attached hydrogen (secondary N) is 2. The Hall–Kier alpha value is -1.99. The Morgan fingerprint density at radius 1 is 1.29 bits per heavy atom. The fourth-order valence-electron chi connectivity index (χ4n) is 1.90. The van der Waals surface area contributed by atoms with E-state index < -0.39 is 15.8 Å². The van der Waals surface area contributed by atoms with E-state index in [4.69, 9.17) is 0 Å². The molecule has 0 aliphatic rings. The third-order valence-electron chi connectivity index (χ3n) is 2.88. The summed E-state index contributed by atoms with van der Waals surface area (Å²) in [6.45, 7) is 1.79. The molecule has 0 aliphatic carbocycles. The standard InChI is InChI=1S/C14H16FN3O2S/c1-10-7-12(8-11(9-16-2)14(10)15)21(19,20)18-13-5-3-4-6-17-13/h3-8,16H,9H2,1-2H3,(H,17,18). The highest BCUT2D eigenvalue weighted by Crippen LogP contribution is 2.21. The van der Waals surface area contributed by atoms with Crippen LogP contribution in [0, 0.1) is 12.7 Å². The smallest absolute Gasteiger partial charge is 0.263 e. The van der Waals surface area contributed by atoms with E-state index in [0.717, 1.165) is 0 Å². The highest BCUT2D eigenvalue weighted by Gasteiger charge is 2.18. The molecule has 0 fully saturated rings. The van der Waals surface area contributed by atoms with Gasteiger partial charge in [-0.05, 0) is 43.8 Å². The average Bonchev–Trinajstić information content (AvgIpc) is 2.44. The van der Waals surface area contributed by atoms with Crippen molar-refractivity contribution < 1.29 is 12.8 Å². The number of hydrogen-bond donors (Lipinski definition) is 2. The van der Waals surface area contributed by atoms with Crippen LogP contribution in [0.4, 0.5) is 10.2 Å². The molecule has 112 valence electrons. The van der Waals surface area contributed by atoms with E-state index in [1.54, 1.807) is 25.2 Å². The van der Waals surface area contributed by atoms with E-state index >= 15 is 0 Å². The van der Waals surface area contributed by atoms with Crippen molar-refractivity contribution in [3.05, 3.63) is 53.5 Å². The molecule has 21 heavy (non-hydrogen) atoms. The second kappa shape index (κ2) is 6.19. The molecule has 0 saturated carbocycles. The van der Waals surface area contributed by atoms with E-state index in [1.807, 2.05) is 0 Å². The van der Waals surface area contributed by atoms with Crippen LogP contribution in [0.5, 0.6) is 0 Å². The number of aromatic nitrogens is 1. The number of sulfonamides is 1. The molecule has 5 nitrogen and oxygen atoms in total. The van der Waals surface area contributed by atoms with Crippen LogP contribution in [0.2, 0.25) is 0 Å². The summed E-state index contributed by atoms with van der Waals surface area (Å²) in [7, 11) is -2.13. The van der Waals surface area contributed by atoms with Crippen LogP contribution in [-0.4, -0.2) is 20.4 Å². The number of nitrogens with zero attached hydrogens (tertiary/aromatic N) is 1. The Kier molecular flexibility index (Phi) is 4.54. The van der Waals surface area contributed by atoms with Gasteiger partial charge < -0.3 is 5.32 Å². The zero-order valence-electron chi connectivity index (χ0n) is 11.7. The van der Waals surface area contributed by atoms with E-state index in [2.05, 4.69) is 15.0 Å². The summed E-state index contributed by atoms with van der Waals surface area (Å²) < 4.78 is 40.9. The molecule has 2 N–H and O–H groups in total. The van der Waals surface area contributed by atoms with Crippen LogP contribution in [0.25, 0.3) is 0 Å². The summed E-state index contributed by atoms with van der Waals surface area (Å²) >= 11 is 0. The number of rotatable bonds is 5. The highest BCUT2D eigenvalue weighted by molar-refractivity contribution is 7.92. The largest absolute Gasteiger partial charge is 0.316 e. The summed E-state index contributed by atoms with van der Waals surface area (Å²) in [5, 5.41) is 2.81. The molecular weight excluding hydrogens is 293 g/mol. The quantitative estimate of drug-likeness (QED) is 0.887. The molecule has 0 radical (unpaired) electrons. The number of anilines is 1. The molecule has 0 atom stereocenters. The number of aryl methyl sites for hydroxylation is 1. The van der Waals surface area contributed by atoms with E-state index in [-0.39, 0.29) is 22.8 Å². The van der Waals surface area contributed by atoms with Gasteiger partial charge in [0.2, 0.25) is 0 Å². The molecule has 1 heterocycles. The fourth-order valence-corrected chi connectivity index (χ4v) is 3.04. The average molecular weight is 309 g/mol. The SMILES string of the molecule is CNCc1cc(S(=O)(=O)Nc2ccccn2)cc(C)c1F. The Balaban J connectivity index is 2.40. The van der Waals surface area contributed by atoms with Gasteiger partial charge in [-0.2, -0.15) is 0 Å². The first-order valence-electron chi connectivity index (χ1n) is 6.31. The second-order valence-corrected chi connectivity index (χ2v) is 6.25. The summed E-state index contributed by atoms with van der Waals surface area (Å²) in [6, 6.07) is 7.53. The van der Waals surface area contributed by atoms with Crippen molar-refractivity contribution in [1.82, 2.24) is 10.3 Å². The lowest BCUT2D eigenvalue weighted by atomic mass is 10.1. The van der Waals surface area contributed by atoms with Crippen LogP contribution in [-0.2, 0) is 16.6 Å². The van der Waals surface area contributed by atoms with Crippen LogP contribution < -0.4 is 10.0 Å². The van der Waals surface area contributed by atoms with Gasteiger partial charge in [0, 0.05) is 18.3 Å². The van der Waals surface area contributed by atoms with Crippen molar-refractivity contribution in [2.24, 2.45) is 0 Å². The Bertz CT molecular complexity index is 733. The van der Waals surface area contributed by atoms with Crippen molar-refractivity contribution >= 4 is 15.8 Å². The zero-order chi connectivity index (χ0) is 15.5. The molecule has 1 aromatic carbocycles. The van der Waals surface area contributed by atoms with Gasteiger partial charge in [-0.3, -0.25) is 4.72 Å². The Labute approximate surface area is 123 Å². The summed E-state index contributed by atoms with van der Waals surface area (Å²) in [5.74, 6) is -0.184. The maximum Gasteiger partial charge on any atom is 0.263 e. The molecule has 0 unspecified atom stereocenters. The lowest BCUT2D eigenvalue weighted by Crippen LogP contribution is -2.16. The van der Waals surface area contributed by atoms with Gasteiger partial charge in [0.15, 0.2) is 0 Å². The minimum Gasteiger partial charge on any atom is -0.316 e. The van der Waals surface area contributed by atoms with Crippen molar-refractivity contribution in [2.75, 3.05) is 11.8 Å². The molecule has 7 heteroatoms. The molecular formula is C14H16FN3O2S. The minimum absolute atomic E-state index is 0.0114. The third kappa shape index (κ3) is 3.56. The molecule has 0 spiro atoms. The lowest BCUT2D eigenvalue weighted by Gasteiger charge is -2.11. The third-order valence-corrected chi connectivity index (χ3v) is 4.22. The predicted octanol–water partition coefficient (Wildman–Crippen LogP) is 2.05. The van der Waals surface area contributed by atoms with Gasteiger partial charge >= 0.3 is 0 Å². The van der Waals surface area contributed by atoms with Gasteiger partial charge in [-0.1, -0.05) is 6.07 Å². The van der Waals surface area contributed by atoms with Crippen molar-refractivity contribution in [3.63, 3.8) is 0 Å². The maximum absolute atomic E-state index is 13.9. The minimum atomic E-state index is -3.80. The predicted molar refractivity (Wildman–Crippen MR) is 78.9 cm³/mol. The zero-order valence-corrected chi connectivity index (χ0v) is 12.5. The normalized spacial score (nSPS) is 11.4. The highest BCUT2D eigenvalue weighted by atomic mass is 32.2. The summed E-state index contributed by atoms with van der Waals surface area (Å²) in [6.07, 6.45) is 1.49. The first-order chi connectivity index (χ1) is 9.94. The maximum atomic E-state index is 13.9. The molecule has 2 aromatic rings. The first kappa shape index (κ1) is 15.4. The number of benzene rings is 1. The molecule has 0 aliphatic heterocycles. The van der Waals surface area contributed by atoms with Crippen molar-refractivity contribution in [2.45, 2.75) is 18.4 Å². The number of hydrogen-bond acceptors (Lipinski definition) is 4. The monoisotopic (exact) mass is 309 g/mol. The van der Waals surface area contributed by atoms with Gasteiger partial charge in [0.1, 0.15) is 11.6 Å². The number of halogens is 1. The first-order valence-corrected chi connectivity index (χ1v) is 7.80. The van der Waals surface area contributed by atoms with Gasteiger partial charge in [0.25, 0.3) is 10.0 Å². The summed E-state index contributed by atoms with van der Waals surface area (Å²) in [4.78, 5) is 3.92. The molecule has 0 amide bonds. The molecule has 0 saturated heterocycles. The van der Waals surface area contributed by atoms with Gasteiger partial charge in [-0.15, -0.1) is 0 Å². The van der Waals surface area contributed by atoms with E-state index in [1.165, 1.54) is 25.3 Å². The Morgan fingerprint density at radius 2 is 2.05 bits per heavy atom. The van der Waals surface area contributed by atoms with Crippen LogP contribution in [0.3, 0.4) is 0 Å². The molecule has 0 bridgehead atoms. The van der Waals surface area contributed by atoms with Gasteiger partial charge in [0.05, 0.1) is 4.90 Å². The fraction of sp³-hybridized carbons (Fsp3) is 0.214. The number of pyridine rings is 1. The molecule has 1 aromatic heterocycles. The second-order valence-electron chi connectivity index (χ2n) is 4.56. The lowest BCUT2D eigenvalue weighted by molar-refractivity contribution is 0.585. The Morgan fingerprint density at radius 3 is 2.67 bits per heavy atom. The summed E-state index contributed by atoms with van der Waals surface area (Å²) in [5.41, 5.74) is 0.586. The van der Waals surface area contributed by atoms with E-state index in [0.29, 0.717) is 5.56 Å². The van der Waals surface area contributed by atoms with Crippen LogP contribution in [0.15, 0.2) is 41.4 Å². The van der Waals surface area contributed by atoms with E-state index in [9.17, 15) is 12.8 Å². The van der Waals surface area contributed by atoms with Gasteiger partial charge in [-0.25, -0.2) is 17.8 Å². The van der Waals surface area contributed by atoms with Crippen molar-refractivity contribution in [3.8, 4) is 0 Å².